The van der Waals surface area contributed by atoms with Crippen LogP contribution < -0.4 is 14.8 Å². The average Bonchev–Trinajstić information content (AvgIpc) is 2.83. The number of rotatable bonds is 10. The number of amides is 2. The molecule has 1 aliphatic carbocycles. The van der Waals surface area contributed by atoms with E-state index in [0.717, 1.165) is 49.6 Å². The molecule has 32 heavy (non-hydrogen) atoms. The number of carbonyl (C=O) groups excluding carboxylic acids is 2. The standard InChI is InChI=1S/C26H40N2O4/c1-3-32-23-12-9-21(19-24(23)31-2)10-13-25(29)27-22-15-17-28(18-16-22)26(30)14-11-20-7-5-4-6-8-20/h9,12,19-20,22H,3-8,10-11,13-18H2,1-2H3,(H,27,29). The van der Waals surface area contributed by atoms with Gasteiger partial charge in [0.1, 0.15) is 0 Å². The number of piperidine rings is 1. The number of hydrogen-bond acceptors (Lipinski definition) is 4. The smallest absolute Gasteiger partial charge is 0.222 e. The van der Waals surface area contributed by atoms with Gasteiger partial charge in [-0.1, -0.05) is 38.2 Å². The SMILES string of the molecule is CCOc1ccc(CCC(=O)NC2CCN(C(=O)CCC3CCCCC3)CC2)cc1OC. The fourth-order valence-corrected chi connectivity index (χ4v) is 4.93. The fourth-order valence-electron chi connectivity index (χ4n) is 4.93. The van der Waals surface area contributed by atoms with Crippen LogP contribution in [0.15, 0.2) is 18.2 Å². The summed E-state index contributed by atoms with van der Waals surface area (Å²) in [6.45, 7) is 4.04. The maximum Gasteiger partial charge on any atom is 0.222 e. The summed E-state index contributed by atoms with van der Waals surface area (Å²) in [5.74, 6) is 2.54. The van der Waals surface area contributed by atoms with Crippen molar-refractivity contribution in [2.24, 2.45) is 5.92 Å². The van der Waals surface area contributed by atoms with Gasteiger partial charge in [-0.3, -0.25) is 9.59 Å². The predicted molar refractivity (Wildman–Crippen MR) is 126 cm³/mol. The molecular formula is C26H40N2O4. The number of ether oxygens (including phenoxy) is 2. The summed E-state index contributed by atoms with van der Waals surface area (Å²) in [6, 6.07) is 5.99. The summed E-state index contributed by atoms with van der Waals surface area (Å²) in [6.07, 6.45) is 11.1. The fraction of sp³-hybridized carbons (Fsp3) is 0.692. The second-order valence-electron chi connectivity index (χ2n) is 9.18. The molecule has 1 saturated heterocycles. The van der Waals surface area contributed by atoms with E-state index < -0.39 is 0 Å². The number of hydrogen-bond donors (Lipinski definition) is 1. The van der Waals surface area contributed by atoms with Crippen molar-refractivity contribution >= 4 is 11.8 Å². The van der Waals surface area contributed by atoms with Crippen molar-refractivity contribution < 1.29 is 19.1 Å². The Hall–Kier alpha value is -2.24. The lowest BCUT2D eigenvalue weighted by atomic mass is 9.86. The van der Waals surface area contributed by atoms with Gasteiger partial charge in [-0.25, -0.2) is 0 Å². The number of nitrogens with one attached hydrogen (secondary N) is 1. The zero-order valence-electron chi connectivity index (χ0n) is 19.9. The van der Waals surface area contributed by atoms with E-state index in [1.165, 1.54) is 32.1 Å². The van der Waals surface area contributed by atoms with Crippen LogP contribution in [0.3, 0.4) is 0 Å². The van der Waals surface area contributed by atoms with Gasteiger partial charge >= 0.3 is 0 Å². The van der Waals surface area contributed by atoms with Gasteiger partial charge in [0.2, 0.25) is 11.8 Å². The average molecular weight is 445 g/mol. The molecule has 1 N–H and O–H groups in total. The maximum absolute atomic E-state index is 12.6. The first-order chi connectivity index (χ1) is 15.6. The first-order valence-electron chi connectivity index (χ1n) is 12.5. The minimum atomic E-state index is 0.0694. The maximum atomic E-state index is 12.6. The molecule has 1 heterocycles. The van der Waals surface area contributed by atoms with Gasteiger partial charge in [-0.05, 0) is 56.2 Å². The molecule has 1 aromatic carbocycles. The number of nitrogens with zero attached hydrogens (tertiary/aromatic N) is 1. The summed E-state index contributed by atoms with van der Waals surface area (Å²) in [4.78, 5) is 27.0. The Morgan fingerprint density at radius 2 is 1.78 bits per heavy atom. The first-order valence-corrected chi connectivity index (χ1v) is 12.5. The molecule has 6 nitrogen and oxygen atoms in total. The molecule has 3 rings (SSSR count). The van der Waals surface area contributed by atoms with Crippen LogP contribution in [-0.4, -0.2) is 49.6 Å². The number of likely N-dealkylation sites (tertiary alicyclic amines) is 1. The molecule has 1 aliphatic heterocycles. The van der Waals surface area contributed by atoms with Crippen LogP contribution in [0.25, 0.3) is 0 Å². The lowest BCUT2D eigenvalue weighted by molar-refractivity contribution is -0.132. The zero-order valence-corrected chi connectivity index (χ0v) is 19.9. The molecule has 178 valence electrons. The Labute approximate surface area is 193 Å². The molecule has 0 bridgehead atoms. The van der Waals surface area contributed by atoms with Gasteiger partial charge in [0.25, 0.3) is 0 Å². The monoisotopic (exact) mass is 444 g/mol. The summed E-state index contributed by atoms with van der Waals surface area (Å²) >= 11 is 0. The normalized spacial score (nSPS) is 17.8. The molecule has 0 aromatic heterocycles. The third-order valence-corrected chi connectivity index (χ3v) is 6.87. The third-order valence-electron chi connectivity index (χ3n) is 6.87. The van der Waals surface area contributed by atoms with E-state index in [0.29, 0.717) is 37.5 Å². The van der Waals surface area contributed by atoms with Crippen molar-refractivity contribution in [1.82, 2.24) is 10.2 Å². The molecule has 0 radical (unpaired) electrons. The first kappa shape index (κ1) is 24.4. The van der Waals surface area contributed by atoms with E-state index in [1.54, 1.807) is 7.11 Å². The summed E-state index contributed by atoms with van der Waals surface area (Å²) in [5.41, 5.74) is 1.05. The second kappa shape index (κ2) is 12.7. The van der Waals surface area contributed by atoms with Crippen LogP contribution in [0.2, 0.25) is 0 Å². The molecule has 2 amide bonds. The van der Waals surface area contributed by atoms with E-state index in [9.17, 15) is 9.59 Å². The third kappa shape index (κ3) is 7.42. The second-order valence-corrected chi connectivity index (χ2v) is 9.18. The minimum absolute atomic E-state index is 0.0694. The lowest BCUT2D eigenvalue weighted by Gasteiger charge is -2.33. The molecule has 6 heteroatoms. The van der Waals surface area contributed by atoms with Crippen molar-refractivity contribution in [3.05, 3.63) is 23.8 Å². The van der Waals surface area contributed by atoms with Crippen LogP contribution in [0.1, 0.15) is 76.7 Å². The summed E-state index contributed by atoms with van der Waals surface area (Å²) in [5, 5.41) is 3.16. The van der Waals surface area contributed by atoms with E-state index in [4.69, 9.17) is 9.47 Å². The molecule has 2 aliphatic rings. The highest BCUT2D eigenvalue weighted by atomic mass is 16.5. The van der Waals surface area contributed by atoms with Crippen molar-refractivity contribution in [2.45, 2.75) is 83.6 Å². The van der Waals surface area contributed by atoms with Crippen LogP contribution in [0.5, 0.6) is 11.5 Å². The van der Waals surface area contributed by atoms with Gasteiger partial charge in [0.05, 0.1) is 13.7 Å². The van der Waals surface area contributed by atoms with Gasteiger partial charge in [-0.15, -0.1) is 0 Å². The van der Waals surface area contributed by atoms with Gasteiger partial charge in [-0.2, -0.15) is 0 Å². The number of methoxy groups -OCH3 is 1. The van der Waals surface area contributed by atoms with Crippen molar-refractivity contribution in [1.29, 1.82) is 0 Å². The Balaban J connectivity index is 1.35. The number of carbonyl (C=O) groups is 2. The highest BCUT2D eigenvalue weighted by Crippen LogP contribution is 2.29. The number of benzene rings is 1. The molecule has 2 fully saturated rings. The van der Waals surface area contributed by atoms with Gasteiger partial charge in [0, 0.05) is 32.0 Å². The Morgan fingerprint density at radius 3 is 2.47 bits per heavy atom. The van der Waals surface area contributed by atoms with E-state index in [1.807, 2.05) is 30.0 Å². The van der Waals surface area contributed by atoms with Crippen LogP contribution in [0, 0.1) is 5.92 Å². The van der Waals surface area contributed by atoms with E-state index in [2.05, 4.69) is 5.32 Å². The van der Waals surface area contributed by atoms with E-state index in [-0.39, 0.29) is 11.9 Å². The lowest BCUT2D eigenvalue weighted by Crippen LogP contribution is -2.46. The van der Waals surface area contributed by atoms with Crippen LogP contribution in [0.4, 0.5) is 0 Å². The Morgan fingerprint density at radius 1 is 1.03 bits per heavy atom. The highest BCUT2D eigenvalue weighted by molar-refractivity contribution is 5.77. The zero-order chi connectivity index (χ0) is 22.8. The van der Waals surface area contributed by atoms with Crippen LogP contribution in [-0.2, 0) is 16.0 Å². The molecule has 0 spiro atoms. The largest absolute Gasteiger partial charge is 0.493 e. The summed E-state index contributed by atoms with van der Waals surface area (Å²) in [7, 11) is 1.63. The van der Waals surface area contributed by atoms with Gasteiger partial charge in [0.15, 0.2) is 11.5 Å². The topological polar surface area (TPSA) is 67.9 Å². The Kier molecular flexibility index (Phi) is 9.69. The summed E-state index contributed by atoms with van der Waals surface area (Å²) < 4.78 is 10.9. The van der Waals surface area contributed by atoms with Crippen molar-refractivity contribution in [3.63, 3.8) is 0 Å². The molecule has 0 atom stereocenters. The Bertz CT molecular complexity index is 737. The van der Waals surface area contributed by atoms with E-state index >= 15 is 0 Å². The van der Waals surface area contributed by atoms with Crippen LogP contribution >= 0.6 is 0 Å². The minimum Gasteiger partial charge on any atom is -0.493 e. The van der Waals surface area contributed by atoms with Crippen molar-refractivity contribution in [2.75, 3.05) is 26.8 Å². The predicted octanol–water partition coefficient (Wildman–Crippen LogP) is 4.49. The highest BCUT2D eigenvalue weighted by Gasteiger charge is 2.24. The molecule has 0 unspecified atom stereocenters. The number of aryl methyl sites for hydroxylation is 1. The molecule has 1 aromatic rings. The molecule has 1 saturated carbocycles. The molecular weight excluding hydrogens is 404 g/mol. The van der Waals surface area contributed by atoms with Crippen molar-refractivity contribution in [3.8, 4) is 11.5 Å². The quantitative estimate of drug-likeness (QED) is 0.577. The van der Waals surface area contributed by atoms with Gasteiger partial charge < -0.3 is 19.7 Å².